The van der Waals surface area contributed by atoms with Crippen molar-refractivity contribution in [3.8, 4) is 6.07 Å². The minimum atomic E-state index is 0.289. The van der Waals surface area contributed by atoms with Crippen LogP contribution in [0.5, 0.6) is 0 Å². The summed E-state index contributed by atoms with van der Waals surface area (Å²) in [6.07, 6.45) is 2.91. The Morgan fingerprint density at radius 2 is 2.12 bits per heavy atom. The van der Waals surface area contributed by atoms with Crippen LogP contribution in [0.1, 0.15) is 5.69 Å². The fourth-order valence-electron chi connectivity index (χ4n) is 1.16. The van der Waals surface area contributed by atoms with Crippen molar-refractivity contribution >= 4 is 23.1 Å². The molecule has 1 aromatic carbocycles. The minimum absolute atomic E-state index is 0.289. The van der Waals surface area contributed by atoms with Crippen molar-refractivity contribution in [1.29, 1.82) is 5.26 Å². The normalized spacial score (nSPS) is 9.50. The summed E-state index contributed by atoms with van der Waals surface area (Å²) in [5.74, 6) is 0.571. The fourth-order valence-corrected chi connectivity index (χ4v) is 1.35. The topological polar surface area (TPSA) is 61.6 Å². The van der Waals surface area contributed by atoms with Gasteiger partial charge >= 0.3 is 0 Å². The Morgan fingerprint density at radius 1 is 1.25 bits per heavy atom. The largest absolute Gasteiger partial charge is 0.339 e. The molecule has 5 heteroatoms. The van der Waals surface area contributed by atoms with Gasteiger partial charge in [0.15, 0.2) is 5.69 Å². The van der Waals surface area contributed by atoms with Gasteiger partial charge in [0.25, 0.3) is 0 Å². The van der Waals surface area contributed by atoms with Gasteiger partial charge in [-0.05, 0) is 18.2 Å². The molecule has 2 rings (SSSR count). The minimum Gasteiger partial charge on any atom is -0.339 e. The van der Waals surface area contributed by atoms with Crippen LogP contribution >= 0.6 is 11.6 Å². The molecule has 1 heterocycles. The highest BCUT2D eigenvalue weighted by atomic mass is 35.5. The number of hydrogen-bond donors (Lipinski definition) is 1. The zero-order valence-electron chi connectivity index (χ0n) is 8.18. The molecule has 0 saturated heterocycles. The monoisotopic (exact) mass is 230 g/mol. The molecule has 0 atom stereocenters. The zero-order valence-corrected chi connectivity index (χ0v) is 8.94. The van der Waals surface area contributed by atoms with Gasteiger partial charge < -0.3 is 5.32 Å². The Bertz CT molecular complexity index is 530. The lowest BCUT2D eigenvalue weighted by Crippen LogP contribution is -1.95. The fraction of sp³-hybridized carbons (Fsp3) is 0. The van der Waals surface area contributed by atoms with E-state index in [1.54, 1.807) is 12.1 Å². The number of nitrogens with one attached hydrogen (secondary N) is 1. The van der Waals surface area contributed by atoms with E-state index in [0.717, 1.165) is 5.69 Å². The van der Waals surface area contributed by atoms with Gasteiger partial charge in [0.1, 0.15) is 11.9 Å². The number of rotatable bonds is 2. The highest BCUT2D eigenvalue weighted by molar-refractivity contribution is 6.30. The molecule has 0 aliphatic carbocycles. The number of halogens is 1. The van der Waals surface area contributed by atoms with Crippen LogP contribution in [0.25, 0.3) is 0 Å². The van der Waals surface area contributed by atoms with Gasteiger partial charge in [-0.2, -0.15) is 5.26 Å². The van der Waals surface area contributed by atoms with Crippen LogP contribution in [0.4, 0.5) is 11.5 Å². The van der Waals surface area contributed by atoms with Crippen molar-refractivity contribution in [2.45, 2.75) is 0 Å². The zero-order chi connectivity index (χ0) is 11.4. The number of nitriles is 1. The molecule has 1 N–H and O–H groups in total. The third kappa shape index (κ3) is 2.47. The van der Waals surface area contributed by atoms with Gasteiger partial charge in [-0.3, -0.25) is 0 Å². The summed E-state index contributed by atoms with van der Waals surface area (Å²) in [6, 6.07) is 9.17. The molecule has 0 amide bonds. The number of nitrogens with zero attached hydrogens (tertiary/aromatic N) is 3. The maximum atomic E-state index is 8.56. The Balaban J connectivity index is 2.18. The summed E-state index contributed by atoms with van der Waals surface area (Å²) in [5, 5.41) is 12.2. The molecule has 0 unspecified atom stereocenters. The Kier molecular flexibility index (Phi) is 2.99. The van der Waals surface area contributed by atoms with Gasteiger partial charge in [0.2, 0.25) is 0 Å². The predicted octanol–water partition coefficient (Wildman–Crippen LogP) is 2.75. The maximum absolute atomic E-state index is 8.56. The van der Waals surface area contributed by atoms with Crippen molar-refractivity contribution in [1.82, 2.24) is 9.97 Å². The Labute approximate surface area is 97.5 Å². The van der Waals surface area contributed by atoms with Crippen molar-refractivity contribution in [2.75, 3.05) is 5.32 Å². The lowest BCUT2D eigenvalue weighted by molar-refractivity contribution is 1.16. The van der Waals surface area contributed by atoms with Gasteiger partial charge in [0, 0.05) is 10.7 Å². The summed E-state index contributed by atoms with van der Waals surface area (Å²) >= 11 is 5.84. The highest BCUT2D eigenvalue weighted by Crippen LogP contribution is 2.18. The second-order valence-electron chi connectivity index (χ2n) is 3.03. The number of aromatic nitrogens is 2. The molecule has 0 fully saturated rings. The van der Waals surface area contributed by atoms with Gasteiger partial charge in [-0.25, -0.2) is 9.97 Å². The van der Waals surface area contributed by atoms with E-state index < -0.39 is 0 Å². The molecule has 0 aliphatic heterocycles. The first-order valence-corrected chi connectivity index (χ1v) is 4.90. The predicted molar refractivity (Wildman–Crippen MR) is 61.5 cm³/mol. The van der Waals surface area contributed by atoms with E-state index in [9.17, 15) is 0 Å². The average Bonchev–Trinajstić information content (AvgIpc) is 2.30. The summed E-state index contributed by atoms with van der Waals surface area (Å²) < 4.78 is 0. The third-order valence-corrected chi connectivity index (χ3v) is 2.10. The van der Waals surface area contributed by atoms with Crippen LogP contribution in [0, 0.1) is 11.3 Å². The number of anilines is 2. The van der Waals surface area contributed by atoms with E-state index in [1.165, 1.54) is 12.4 Å². The molecule has 78 valence electrons. The third-order valence-electron chi connectivity index (χ3n) is 1.86. The van der Waals surface area contributed by atoms with E-state index in [1.807, 2.05) is 18.2 Å². The lowest BCUT2D eigenvalue weighted by atomic mass is 10.3. The molecule has 0 spiro atoms. The van der Waals surface area contributed by atoms with Crippen molar-refractivity contribution in [3.05, 3.63) is 47.4 Å². The SMILES string of the molecule is N#Cc1cnc(Nc2cccc(Cl)c2)cn1. The quantitative estimate of drug-likeness (QED) is 0.862. The lowest BCUT2D eigenvalue weighted by Gasteiger charge is -2.04. The average molecular weight is 231 g/mol. The van der Waals surface area contributed by atoms with Gasteiger partial charge in [0.05, 0.1) is 12.4 Å². The molecule has 0 saturated carbocycles. The molecule has 0 bridgehead atoms. The summed E-state index contributed by atoms with van der Waals surface area (Å²) in [5.41, 5.74) is 1.11. The molecule has 0 radical (unpaired) electrons. The van der Waals surface area contributed by atoms with Crippen LogP contribution in [-0.2, 0) is 0 Å². The van der Waals surface area contributed by atoms with Crippen molar-refractivity contribution in [3.63, 3.8) is 0 Å². The number of benzene rings is 1. The van der Waals surface area contributed by atoms with E-state index in [4.69, 9.17) is 16.9 Å². The van der Waals surface area contributed by atoms with Crippen LogP contribution in [-0.4, -0.2) is 9.97 Å². The van der Waals surface area contributed by atoms with Crippen LogP contribution in [0.3, 0.4) is 0 Å². The van der Waals surface area contributed by atoms with Crippen LogP contribution in [0.15, 0.2) is 36.7 Å². The van der Waals surface area contributed by atoms with Crippen molar-refractivity contribution < 1.29 is 0 Å². The van der Waals surface area contributed by atoms with E-state index in [2.05, 4.69) is 15.3 Å². The van der Waals surface area contributed by atoms with Crippen molar-refractivity contribution in [2.24, 2.45) is 0 Å². The second kappa shape index (κ2) is 4.60. The molecule has 16 heavy (non-hydrogen) atoms. The number of hydrogen-bond acceptors (Lipinski definition) is 4. The van der Waals surface area contributed by atoms with E-state index >= 15 is 0 Å². The second-order valence-corrected chi connectivity index (χ2v) is 3.47. The molecule has 1 aromatic heterocycles. The van der Waals surface area contributed by atoms with Gasteiger partial charge in [-0.1, -0.05) is 17.7 Å². The van der Waals surface area contributed by atoms with E-state index in [0.29, 0.717) is 10.8 Å². The van der Waals surface area contributed by atoms with Crippen LogP contribution in [0.2, 0.25) is 5.02 Å². The first-order valence-electron chi connectivity index (χ1n) is 4.52. The summed E-state index contributed by atoms with van der Waals surface area (Å²) in [6.45, 7) is 0. The summed E-state index contributed by atoms with van der Waals surface area (Å²) in [7, 11) is 0. The smallest absolute Gasteiger partial charge is 0.158 e. The Hall–Kier alpha value is -2.12. The highest BCUT2D eigenvalue weighted by Gasteiger charge is 1.98. The summed E-state index contributed by atoms with van der Waals surface area (Å²) in [4.78, 5) is 7.93. The maximum Gasteiger partial charge on any atom is 0.158 e. The van der Waals surface area contributed by atoms with Crippen LogP contribution < -0.4 is 5.32 Å². The molecule has 0 aliphatic rings. The molecule has 4 nitrogen and oxygen atoms in total. The molecular formula is C11H7ClN4. The first-order chi connectivity index (χ1) is 7.78. The first kappa shape index (κ1) is 10.4. The standard InChI is InChI=1S/C11H7ClN4/c12-8-2-1-3-9(4-8)16-11-7-14-10(5-13)6-15-11/h1-4,6-7H,(H,15,16). The molecular weight excluding hydrogens is 224 g/mol. The molecule has 2 aromatic rings. The van der Waals surface area contributed by atoms with E-state index in [-0.39, 0.29) is 5.69 Å². The van der Waals surface area contributed by atoms with Gasteiger partial charge in [-0.15, -0.1) is 0 Å². The Morgan fingerprint density at radius 3 is 2.75 bits per heavy atom.